The fourth-order valence-electron chi connectivity index (χ4n) is 2.73. The van der Waals surface area contributed by atoms with E-state index in [1.165, 1.54) is 28.1 Å². The van der Waals surface area contributed by atoms with Crippen LogP contribution in [0.4, 0.5) is 4.39 Å². The van der Waals surface area contributed by atoms with Crippen LogP contribution in [0.15, 0.2) is 61.2 Å². The molecule has 0 saturated carbocycles. The first kappa shape index (κ1) is 14.7. The predicted octanol–water partition coefficient (Wildman–Crippen LogP) is 2.16. The van der Waals surface area contributed by atoms with E-state index >= 15 is 0 Å². The average Bonchev–Trinajstić information content (AvgIpc) is 3.01. The first-order chi connectivity index (χ1) is 10.6. The highest BCUT2D eigenvalue weighted by Gasteiger charge is 2.32. The Balaban J connectivity index is 2.08. The van der Waals surface area contributed by atoms with E-state index in [0.29, 0.717) is 0 Å². The van der Waals surface area contributed by atoms with Crippen molar-refractivity contribution in [2.75, 3.05) is 0 Å². The summed E-state index contributed by atoms with van der Waals surface area (Å²) in [5.41, 5.74) is 1.24. The van der Waals surface area contributed by atoms with Crippen LogP contribution >= 0.6 is 0 Å². The lowest BCUT2D eigenvalue weighted by molar-refractivity contribution is 0.628. The molecule has 1 atom stereocenters. The largest absolute Gasteiger partial charge is 0.255 e. The van der Waals surface area contributed by atoms with Crippen molar-refractivity contribution in [3.05, 3.63) is 72.6 Å². The zero-order chi connectivity index (χ0) is 15.6. The molecule has 0 bridgehead atoms. The fourth-order valence-corrected chi connectivity index (χ4v) is 6.04. The Morgan fingerprint density at radius 3 is 2.14 bits per heavy atom. The second-order valence-electron chi connectivity index (χ2n) is 5.80. The van der Waals surface area contributed by atoms with Crippen molar-refractivity contribution in [3.63, 3.8) is 0 Å². The van der Waals surface area contributed by atoms with Gasteiger partial charge in [-0.2, -0.15) is 5.10 Å². The minimum Gasteiger partial charge on any atom is -0.255 e. The number of halogens is 1. The standard InChI is InChI=1S/C17H18FN3Si/c1-14-3-7-16(8-4-14)22(2,13-21-12-19-11-20-21)17-9-5-15(18)6-10-17/h3-12H,13H2,1-2H3. The second-order valence-corrected chi connectivity index (χ2v) is 9.93. The Labute approximate surface area is 130 Å². The van der Waals surface area contributed by atoms with Gasteiger partial charge in [0.15, 0.2) is 0 Å². The molecule has 0 saturated heterocycles. The van der Waals surface area contributed by atoms with Gasteiger partial charge in [0, 0.05) is 6.17 Å². The summed E-state index contributed by atoms with van der Waals surface area (Å²) in [5.74, 6) is -0.204. The van der Waals surface area contributed by atoms with E-state index in [1.54, 1.807) is 12.7 Å². The quantitative estimate of drug-likeness (QED) is 0.691. The van der Waals surface area contributed by atoms with E-state index in [9.17, 15) is 4.39 Å². The van der Waals surface area contributed by atoms with Gasteiger partial charge >= 0.3 is 0 Å². The van der Waals surface area contributed by atoms with Crippen LogP contribution < -0.4 is 10.4 Å². The van der Waals surface area contributed by atoms with Crippen LogP contribution in [0, 0.1) is 12.7 Å². The molecular weight excluding hydrogens is 293 g/mol. The summed E-state index contributed by atoms with van der Waals surface area (Å²) in [6, 6.07) is 15.5. The second kappa shape index (κ2) is 5.85. The number of nitrogens with zero attached hydrogens (tertiary/aromatic N) is 3. The lowest BCUT2D eigenvalue weighted by atomic mass is 10.2. The third kappa shape index (κ3) is 2.85. The van der Waals surface area contributed by atoms with E-state index in [0.717, 1.165) is 6.17 Å². The molecule has 0 aliphatic rings. The van der Waals surface area contributed by atoms with E-state index in [4.69, 9.17) is 0 Å². The van der Waals surface area contributed by atoms with Crippen molar-refractivity contribution in [1.29, 1.82) is 0 Å². The fraction of sp³-hybridized carbons (Fsp3) is 0.176. The lowest BCUT2D eigenvalue weighted by Crippen LogP contribution is -2.59. The Morgan fingerprint density at radius 1 is 1.00 bits per heavy atom. The smallest absolute Gasteiger partial charge is 0.137 e. The Morgan fingerprint density at radius 2 is 1.59 bits per heavy atom. The van der Waals surface area contributed by atoms with E-state index in [1.807, 2.05) is 16.8 Å². The number of hydrogen-bond acceptors (Lipinski definition) is 2. The minimum absolute atomic E-state index is 0.204. The zero-order valence-electron chi connectivity index (χ0n) is 12.7. The van der Waals surface area contributed by atoms with Gasteiger partial charge in [0.2, 0.25) is 0 Å². The van der Waals surface area contributed by atoms with Crippen LogP contribution in [-0.4, -0.2) is 22.8 Å². The summed E-state index contributed by atoms with van der Waals surface area (Å²) in [5, 5.41) is 6.75. The van der Waals surface area contributed by atoms with Gasteiger partial charge in [-0.05, 0) is 19.1 Å². The summed E-state index contributed by atoms with van der Waals surface area (Å²) in [4.78, 5) is 4.04. The maximum Gasteiger partial charge on any atom is 0.137 e. The maximum atomic E-state index is 13.3. The van der Waals surface area contributed by atoms with Gasteiger partial charge in [0.25, 0.3) is 0 Å². The highest BCUT2D eigenvalue weighted by Crippen LogP contribution is 2.10. The molecule has 0 radical (unpaired) electrons. The summed E-state index contributed by atoms with van der Waals surface area (Å²) in [6.45, 7) is 4.37. The predicted molar refractivity (Wildman–Crippen MR) is 88.5 cm³/mol. The molecule has 3 rings (SSSR count). The van der Waals surface area contributed by atoms with Crippen LogP contribution in [0.1, 0.15) is 5.56 Å². The third-order valence-corrected chi connectivity index (χ3v) is 8.29. The first-order valence-electron chi connectivity index (χ1n) is 7.23. The van der Waals surface area contributed by atoms with E-state index in [2.05, 4.69) is 47.8 Å². The molecule has 0 amide bonds. The first-order valence-corrected chi connectivity index (χ1v) is 9.94. The van der Waals surface area contributed by atoms with Crippen LogP contribution in [-0.2, 0) is 6.17 Å². The van der Waals surface area contributed by atoms with Crippen molar-refractivity contribution < 1.29 is 4.39 Å². The molecule has 5 heteroatoms. The molecule has 22 heavy (non-hydrogen) atoms. The van der Waals surface area contributed by atoms with Crippen LogP contribution in [0.3, 0.4) is 0 Å². The van der Waals surface area contributed by atoms with Crippen molar-refractivity contribution in [2.24, 2.45) is 0 Å². The highest BCUT2D eigenvalue weighted by molar-refractivity contribution is 7.00. The average molecular weight is 311 g/mol. The van der Waals surface area contributed by atoms with Crippen molar-refractivity contribution >= 4 is 18.4 Å². The molecule has 0 spiro atoms. The van der Waals surface area contributed by atoms with Gasteiger partial charge in [0.1, 0.15) is 26.5 Å². The van der Waals surface area contributed by atoms with Gasteiger partial charge in [-0.15, -0.1) is 0 Å². The summed E-state index contributed by atoms with van der Waals surface area (Å²) >= 11 is 0. The third-order valence-electron chi connectivity index (χ3n) is 4.11. The molecule has 0 aliphatic heterocycles. The molecule has 1 unspecified atom stereocenters. The SMILES string of the molecule is Cc1ccc([Si](C)(Cn2cncn2)c2ccc(F)cc2)cc1. The Hall–Kier alpha value is -2.27. The van der Waals surface area contributed by atoms with Gasteiger partial charge in [-0.1, -0.05) is 58.9 Å². The normalized spacial score (nSPS) is 13.8. The van der Waals surface area contributed by atoms with Gasteiger partial charge in [-0.3, -0.25) is 4.68 Å². The Bertz CT molecular complexity index is 691. The van der Waals surface area contributed by atoms with Crippen molar-refractivity contribution in [1.82, 2.24) is 14.8 Å². The number of benzene rings is 2. The van der Waals surface area contributed by atoms with Crippen LogP contribution in [0.25, 0.3) is 0 Å². The molecule has 1 heterocycles. The van der Waals surface area contributed by atoms with Crippen LogP contribution in [0.2, 0.25) is 6.55 Å². The highest BCUT2D eigenvalue weighted by atomic mass is 28.3. The number of aryl methyl sites for hydroxylation is 1. The van der Waals surface area contributed by atoms with E-state index in [-0.39, 0.29) is 5.82 Å². The molecular formula is C17H18FN3Si. The van der Waals surface area contributed by atoms with Crippen molar-refractivity contribution in [3.8, 4) is 0 Å². The zero-order valence-corrected chi connectivity index (χ0v) is 13.7. The van der Waals surface area contributed by atoms with Gasteiger partial charge in [0.05, 0.1) is 0 Å². The number of aromatic nitrogens is 3. The molecule has 1 aromatic heterocycles. The lowest BCUT2D eigenvalue weighted by Gasteiger charge is -2.28. The number of rotatable bonds is 4. The summed E-state index contributed by atoms with van der Waals surface area (Å²) < 4.78 is 15.2. The molecule has 112 valence electrons. The van der Waals surface area contributed by atoms with Crippen molar-refractivity contribution in [2.45, 2.75) is 19.6 Å². The summed E-state index contributed by atoms with van der Waals surface area (Å²) in [6.07, 6.45) is 4.07. The molecule has 3 nitrogen and oxygen atoms in total. The van der Waals surface area contributed by atoms with Gasteiger partial charge in [-0.25, -0.2) is 9.37 Å². The Kier molecular flexibility index (Phi) is 3.89. The molecule has 0 N–H and O–H groups in total. The van der Waals surface area contributed by atoms with Gasteiger partial charge < -0.3 is 0 Å². The molecule has 0 aliphatic carbocycles. The monoisotopic (exact) mass is 311 g/mol. The minimum atomic E-state index is -2.06. The molecule has 3 aromatic rings. The van der Waals surface area contributed by atoms with Crippen LogP contribution in [0.5, 0.6) is 0 Å². The number of hydrogen-bond donors (Lipinski definition) is 0. The van der Waals surface area contributed by atoms with E-state index < -0.39 is 8.07 Å². The molecule has 2 aromatic carbocycles. The maximum absolute atomic E-state index is 13.3. The molecule has 0 fully saturated rings. The summed E-state index contributed by atoms with van der Waals surface area (Å²) in [7, 11) is -2.06. The topological polar surface area (TPSA) is 30.7 Å².